The molecule has 96 valence electrons. The van der Waals surface area contributed by atoms with E-state index in [1.807, 2.05) is 7.05 Å². The van der Waals surface area contributed by atoms with Crippen LogP contribution in [0, 0.1) is 0 Å². The third-order valence-corrected chi connectivity index (χ3v) is 3.48. The maximum Gasteiger partial charge on any atom is 0.0446 e. The van der Waals surface area contributed by atoms with Crippen molar-refractivity contribution in [3.63, 3.8) is 0 Å². The van der Waals surface area contributed by atoms with Gasteiger partial charge in [-0.3, -0.25) is 0 Å². The first-order valence-corrected chi connectivity index (χ1v) is 6.66. The fourth-order valence-electron chi connectivity index (χ4n) is 2.30. The molecule has 0 heterocycles. The molecule has 0 fully saturated rings. The van der Waals surface area contributed by atoms with Gasteiger partial charge in [-0.25, -0.2) is 0 Å². The van der Waals surface area contributed by atoms with Gasteiger partial charge in [0.2, 0.25) is 0 Å². The van der Waals surface area contributed by atoms with Crippen LogP contribution in [-0.4, -0.2) is 26.2 Å². The van der Waals surface area contributed by atoms with Crippen molar-refractivity contribution in [2.45, 2.75) is 19.9 Å². The molecule has 2 heteroatoms. The highest BCUT2D eigenvalue weighted by molar-refractivity contribution is 5.94. The highest BCUT2D eigenvalue weighted by Crippen LogP contribution is 2.26. The zero-order valence-corrected chi connectivity index (χ0v) is 11.5. The Bertz CT molecular complexity index is 502. The zero-order chi connectivity index (χ0) is 13.0. The van der Waals surface area contributed by atoms with E-state index in [2.05, 4.69) is 66.5 Å². The van der Waals surface area contributed by atoms with E-state index in [0.717, 1.165) is 13.1 Å². The van der Waals surface area contributed by atoms with Gasteiger partial charge in [0.05, 0.1) is 0 Å². The predicted octanol–water partition coefficient (Wildman–Crippen LogP) is 3.27. The second kappa shape index (κ2) is 5.87. The number of nitrogens with zero attached hydrogens (tertiary/aromatic N) is 1. The van der Waals surface area contributed by atoms with Crippen molar-refractivity contribution in [2.75, 3.05) is 25.0 Å². The Morgan fingerprint density at radius 1 is 1.11 bits per heavy atom. The monoisotopic (exact) mass is 242 g/mol. The summed E-state index contributed by atoms with van der Waals surface area (Å²) >= 11 is 0. The number of fused-ring (bicyclic) bond motifs is 1. The van der Waals surface area contributed by atoms with E-state index in [1.165, 1.54) is 16.5 Å². The van der Waals surface area contributed by atoms with Crippen molar-refractivity contribution < 1.29 is 0 Å². The van der Waals surface area contributed by atoms with Gasteiger partial charge in [0.25, 0.3) is 0 Å². The van der Waals surface area contributed by atoms with Crippen LogP contribution in [0.5, 0.6) is 0 Å². The summed E-state index contributed by atoms with van der Waals surface area (Å²) in [5, 5.41) is 5.95. The molecule has 1 N–H and O–H groups in total. The van der Waals surface area contributed by atoms with Gasteiger partial charge in [-0.2, -0.15) is 0 Å². The second-order valence-corrected chi connectivity index (χ2v) is 4.73. The van der Waals surface area contributed by atoms with Gasteiger partial charge >= 0.3 is 0 Å². The average molecular weight is 242 g/mol. The molecule has 2 rings (SSSR count). The lowest BCUT2D eigenvalue weighted by molar-refractivity contribution is 0.592. The van der Waals surface area contributed by atoms with Gasteiger partial charge in [-0.15, -0.1) is 0 Å². The summed E-state index contributed by atoms with van der Waals surface area (Å²) in [4.78, 5) is 2.43. The van der Waals surface area contributed by atoms with Gasteiger partial charge < -0.3 is 10.2 Å². The summed E-state index contributed by atoms with van der Waals surface area (Å²) in [5.41, 5.74) is 1.33. The van der Waals surface area contributed by atoms with Crippen LogP contribution < -0.4 is 10.2 Å². The van der Waals surface area contributed by atoms with Crippen LogP contribution >= 0.6 is 0 Å². The zero-order valence-electron chi connectivity index (χ0n) is 11.5. The normalized spacial score (nSPS) is 12.6. The Morgan fingerprint density at radius 2 is 1.83 bits per heavy atom. The first-order valence-electron chi connectivity index (χ1n) is 6.66. The molecule has 18 heavy (non-hydrogen) atoms. The van der Waals surface area contributed by atoms with Crippen LogP contribution in [0.3, 0.4) is 0 Å². The Kier molecular flexibility index (Phi) is 4.21. The lowest BCUT2D eigenvalue weighted by atomic mass is 10.1. The Morgan fingerprint density at radius 3 is 2.56 bits per heavy atom. The molecule has 1 atom stereocenters. The summed E-state index contributed by atoms with van der Waals surface area (Å²) in [7, 11) is 2.02. The summed E-state index contributed by atoms with van der Waals surface area (Å²) in [6, 6.07) is 15.6. The average Bonchev–Trinajstić information content (AvgIpc) is 2.44. The number of nitrogens with one attached hydrogen (secondary N) is 1. The third kappa shape index (κ3) is 2.65. The molecule has 0 aromatic heterocycles. The van der Waals surface area contributed by atoms with Crippen molar-refractivity contribution in [3.05, 3.63) is 42.5 Å². The third-order valence-electron chi connectivity index (χ3n) is 3.48. The van der Waals surface area contributed by atoms with Crippen molar-refractivity contribution in [1.82, 2.24) is 5.32 Å². The molecular weight excluding hydrogens is 220 g/mol. The number of rotatable bonds is 5. The van der Waals surface area contributed by atoms with Crippen molar-refractivity contribution in [3.8, 4) is 0 Å². The largest absolute Gasteiger partial charge is 0.370 e. The maximum atomic E-state index is 3.31. The molecule has 2 aromatic carbocycles. The number of hydrogen-bond donors (Lipinski definition) is 1. The van der Waals surface area contributed by atoms with Crippen LogP contribution in [0.4, 0.5) is 5.69 Å². The highest BCUT2D eigenvalue weighted by Gasteiger charge is 2.10. The van der Waals surface area contributed by atoms with E-state index in [0.29, 0.717) is 6.04 Å². The Labute approximate surface area is 110 Å². The van der Waals surface area contributed by atoms with Crippen LogP contribution in [0.15, 0.2) is 42.5 Å². The smallest absolute Gasteiger partial charge is 0.0446 e. The maximum absolute atomic E-state index is 3.31. The Hall–Kier alpha value is -1.54. The van der Waals surface area contributed by atoms with E-state index in [9.17, 15) is 0 Å². The van der Waals surface area contributed by atoms with E-state index in [-0.39, 0.29) is 0 Å². The second-order valence-electron chi connectivity index (χ2n) is 4.73. The van der Waals surface area contributed by atoms with E-state index < -0.39 is 0 Å². The van der Waals surface area contributed by atoms with Crippen LogP contribution in [-0.2, 0) is 0 Å². The molecule has 0 saturated heterocycles. The minimum atomic E-state index is 0.490. The summed E-state index contributed by atoms with van der Waals surface area (Å²) in [5.74, 6) is 0. The molecule has 0 amide bonds. The molecule has 0 aliphatic rings. The van der Waals surface area contributed by atoms with Gasteiger partial charge in [-0.05, 0) is 32.3 Å². The van der Waals surface area contributed by atoms with Crippen molar-refractivity contribution in [2.24, 2.45) is 0 Å². The molecule has 0 radical (unpaired) electrons. The topological polar surface area (TPSA) is 15.3 Å². The van der Waals surface area contributed by atoms with E-state index in [4.69, 9.17) is 0 Å². The number of benzene rings is 2. The molecule has 0 spiro atoms. The van der Waals surface area contributed by atoms with Gasteiger partial charge in [-0.1, -0.05) is 36.4 Å². The molecule has 1 unspecified atom stereocenters. The lowest BCUT2D eigenvalue weighted by Gasteiger charge is -2.27. The van der Waals surface area contributed by atoms with Crippen LogP contribution in [0.1, 0.15) is 13.8 Å². The van der Waals surface area contributed by atoms with E-state index in [1.54, 1.807) is 0 Å². The summed E-state index contributed by atoms with van der Waals surface area (Å²) in [6.45, 7) is 6.49. The number of likely N-dealkylation sites (N-methyl/N-ethyl adjacent to an activating group) is 2. The van der Waals surface area contributed by atoms with Gasteiger partial charge in [0.15, 0.2) is 0 Å². The lowest BCUT2D eigenvalue weighted by Crippen LogP contribution is -2.37. The van der Waals surface area contributed by atoms with Crippen molar-refractivity contribution >= 4 is 16.5 Å². The first kappa shape index (κ1) is 12.9. The molecule has 0 bridgehead atoms. The molecule has 0 aliphatic carbocycles. The van der Waals surface area contributed by atoms with Crippen molar-refractivity contribution in [1.29, 1.82) is 0 Å². The fraction of sp³-hybridized carbons (Fsp3) is 0.375. The van der Waals surface area contributed by atoms with Crippen LogP contribution in [0.25, 0.3) is 10.8 Å². The van der Waals surface area contributed by atoms with E-state index >= 15 is 0 Å². The van der Waals surface area contributed by atoms with Gasteiger partial charge in [0, 0.05) is 30.2 Å². The minimum Gasteiger partial charge on any atom is -0.370 e. The van der Waals surface area contributed by atoms with Gasteiger partial charge in [0.1, 0.15) is 0 Å². The molecular formula is C16H22N2. The summed E-state index contributed by atoms with van der Waals surface area (Å²) < 4.78 is 0. The first-order chi connectivity index (χ1) is 8.76. The highest BCUT2D eigenvalue weighted by atomic mass is 15.1. The molecule has 0 saturated carbocycles. The molecule has 0 aliphatic heterocycles. The fourth-order valence-corrected chi connectivity index (χ4v) is 2.30. The van der Waals surface area contributed by atoms with Crippen LogP contribution in [0.2, 0.25) is 0 Å². The Balaban J connectivity index is 2.38. The quantitative estimate of drug-likeness (QED) is 0.865. The SMILES string of the molecule is CCN(CC(C)NC)c1cccc2ccccc12. The molecule has 2 nitrogen and oxygen atoms in total. The summed E-state index contributed by atoms with van der Waals surface area (Å²) in [6.07, 6.45) is 0. The number of hydrogen-bond acceptors (Lipinski definition) is 2. The standard InChI is InChI=1S/C16H22N2/c1-4-18(12-13(2)17-3)16-11-7-9-14-8-5-6-10-15(14)16/h5-11,13,17H,4,12H2,1-3H3. The predicted molar refractivity (Wildman–Crippen MR) is 80.4 cm³/mol. The number of anilines is 1. The minimum absolute atomic E-state index is 0.490. The molecule has 2 aromatic rings.